The van der Waals surface area contributed by atoms with Gasteiger partial charge in [0.1, 0.15) is 0 Å². The highest BCUT2D eigenvalue weighted by atomic mass is 16.5. The van der Waals surface area contributed by atoms with Gasteiger partial charge in [0.2, 0.25) is 5.88 Å². The average Bonchev–Trinajstić information content (AvgIpc) is 2.50. The molecule has 0 radical (unpaired) electrons. The van der Waals surface area contributed by atoms with Crippen molar-refractivity contribution >= 4 is 0 Å². The van der Waals surface area contributed by atoms with Crippen LogP contribution in [-0.2, 0) is 13.0 Å². The van der Waals surface area contributed by atoms with Gasteiger partial charge in [-0.05, 0) is 0 Å². The molecule has 0 amide bonds. The van der Waals surface area contributed by atoms with Gasteiger partial charge in [-0.2, -0.15) is 5.10 Å². The lowest BCUT2D eigenvalue weighted by Gasteiger charge is -2.15. The molecule has 4 nitrogen and oxygen atoms in total. The van der Waals surface area contributed by atoms with Crippen LogP contribution in [0, 0.1) is 0 Å². The molecule has 0 aromatic carbocycles. The van der Waals surface area contributed by atoms with Crippen LogP contribution >= 0.6 is 0 Å². The topological polar surface area (TPSA) is 47.3 Å². The van der Waals surface area contributed by atoms with Gasteiger partial charge in [0.25, 0.3) is 0 Å². The molecule has 0 bridgehead atoms. The van der Waals surface area contributed by atoms with Gasteiger partial charge >= 0.3 is 0 Å². The number of aryl methyl sites for hydroxylation is 1. The first-order chi connectivity index (χ1) is 5.92. The van der Waals surface area contributed by atoms with Crippen LogP contribution in [0.4, 0.5) is 0 Å². The van der Waals surface area contributed by atoms with Crippen LogP contribution in [0.1, 0.15) is 12.0 Å². The van der Waals surface area contributed by atoms with Gasteiger partial charge in [-0.3, -0.25) is 0 Å². The predicted octanol–water partition coefficient (Wildman–Crippen LogP) is 0.200. The molecule has 0 aliphatic carbocycles. The number of hydrogen-bond acceptors (Lipinski definition) is 3. The van der Waals surface area contributed by atoms with Crippen LogP contribution in [0.2, 0.25) is 0 Å². The third-order valence-corrected chi connectivity index (χ3v) is 2.00. The van der Waals surface area contributed by atoms with E-state index in [-0.39, 0.29) is 6.61 Å². The molecular formula is C8H12N2O2. The van der Waals surface area contributed by atoms with Crippen molar-refractivity contribution in [2.45, 2.75) is 19.4 Å². The second-order valence-corrected chi connectivity index (χ2v) is 2.87. The Labute approximate surface area is 70.8 Å². The highest BCUT2D eigenvalue weighted by Gasteiger charge is 2.14. The predicted molar refractivity (Wildman–Crippen MR) is 43.1 cm³/mol. The molecule has 4 heteroatoms. The highest BCUT2D eigenvalue weighted by molar-refractivity contribution is 5.25. The van der Waals surface area contributed by atoms with E-state index in [0.717, 1.165) is 31.0 Å². The lowest BCUT2D eigenvalue weighted by Crippen LogP contribution is -2.15. The second-order valence-electron chi connectivity index (χ2n) is 2.87. The third kappa shape index (κ3) is 1.18. The van der Waals surface area contributed by atoms with Crippen molar-refractivity contribution in [2.75, 3.05) is 13.2 Å². The Kier molecular flexibility index (Phi) is 1.99. The lowest BCUT2D eigenvalue weighted by atomic mass is 10.2. The Morgan fingerprint density at radius 1 is 1.67 bits per heavy atom. The van der Waals surface area contributed by atoms with Gasteiger partial charge in [-0.15, -0.1) is 0 Å². The van der Waals surface area contributed by atoms with E-state index in [4.69, 9.17) is 9.84 Å². The van der Waals surface area contributed by atoms with E-state index in [0.29, 0.717) is 6.42 Å². The van der Waals surface area contributed by atoms with Crippen molar-refractivity contribution in [1.29, 1.82) is 0 Å². The normalized spacial score (nSPS) is 15.4. The summed E-state index contributed by atoms with van der Waals surface area (Å²) in [4.78, 5) is 0. The molecule has 0 spiro atoms. The lowest BCUT2D eigenvalue weighted by molar-refractivity contribution is 0.225. The van der Waals surface area contributed by atoms with Crippen molar-refractivity contribution in [3.8, 4) is 5.88 Å². The third-order valence-electron chi connectivity index (χ3n) is 2.00. The number of rotatable bonds is 2. The Morgan fingerprint density at radius 3 is 3.42 bits per heavy atom. The number of nitrogens with zero attached hydrogens (tertiary/aromatic N) is 2. The zero-order valence-electron chi connectivity index (χ0n) is 6.86. The molecule has 0 atom stereocenters. The quantitative estimate of drug-likeness (QED) is 0.686. The highest BCUT2D eigenvalue weighted by Crippen LogP contribution is 2.22. The minimum absolute atomic E-state index is 0.155. The zero-order chi connectivity index (χ0) is 8.39. The van der Waals surface area contributed by atoms with Crippen molar-refractivity contribution in [3.63, 3.8) is 0 Å². The van der Waals surface area contributed by atoms with Crippen LogP contribution in [0.5, 0.6) is 5.88 Å². The van der Waals surface area contributed by atoms with Crippen molar-refractivity contribution in [2.24, 2.45) is 0 Å². The van der Waals surface area contributed by atoms with Crippen LogP contribution in [-0.4, -0.2) is 28.1 Å². The molecule has 1 aliphatic heterocycles. The molecule has 0 saturated carbocycles. The van der Waals surface area contributed by atoms with E-state index in [1.54, 1.807) is 6.20 Å². The van der Waals surface area contributed by atoms with Gasteiger partial charge in [-0.25, -0.2) is 4.68 Å². The van der Waals surface area contributed by atoms with E-state index in [2.05, 4.69) is 5.10 Å². The summed E-state index contributed by atoms with van der Waals surface area (Å²) in [5, 5.41) is 12.9. The Balaban J connectivity index is 2.25. The Morgan fingerprint density at radius 2 is 2.58 bits per heavy atom. The summed E-state index contributed by atoms with van der Waals surface area (Å²) in [6.07, 6.45) is 3.43. The van der Waals surface area contributed by atoms with E-state index in [1.165, 1.54) is 0 Å². The average molecular weight is 168 g/mol. The standard InChI is InChI=1S/C8H12N2O2/c11-4-2-7-6-9-10-3-1-5-12-8(7)10/h6,11H,1-5H2. The van der Waals surface area contributed by atoms with Crippen molar-refractivity contribution in [3.05, 3.63) is 11.8 Å². The fourth-order valence-corrected chi connectivity index (χ4v) is 1.41. The fourth-order valence-electron chi connectivity index (χ4n) is 1.41. The second kappa shape index (κ2) is 3.15. The number of fused-ring (bicyclic) bond motifs is 1. The molecule has 1 aromatic rings. The molecule has 0 unspecified atom stereocenters. The Hall–Kier alpha value is -1.03. The van der Waals surface area contributed by atoms with Gasteiger partial charge in [-0.1, -0.05) is 0 Å². The maximum Gasteiger partial charge on any atom is 0.215 e. The molecule has 1 aliphatic rings. The maximum absolute atomic E-state index is 8.75. The van der Waals surface area contributed by atoms with Gasteiger partial charge in [0.05, 0.1) is 12.8 Å². The van der Waals surface area contributed by atoms with Crippen LogP contribution in [0.25, 0.3) is 0 Å². The summed E-state index contributed by atoms with van der Waals surface area (Å²) in [7, 11) is 0. The molecule has 0 fully saturated rings. The minimum Gasteiger partial charge on any atom is -0.478 e. The number of aliphatic hydroxyl groups is 1. The zero-order valence-corrected chi connectivity index (χ0v) is 6.86. The first kappa shape index (κ1) is 7.61. The van der Waals surface area contributed by atoms with Gasteiger partial charge in [0, 0.05) is 31.6 Å². The van der Waals surface area contributed by atoms with E-state index in [9.17, 15) is 0 Å². The maximum atomic E-state index is 8.75. The Bertz CT molecular complexity index is 270. The molecule has 12 heavy (non-hydrogen) atoms. The SMILES string of the molecule is OCCc1cnn2c1OCCC2. The minimum atomic E-state index is 0.155. The van der Waals surface area contributed by atoms with E-state index >= 15 is 0 Å². The summed E-state index contributed by atoms with van der Waals surface area (Å²) in [5.74, 6) is 0.843. The van der Waals surface area contributed by atoms with Crippen LogP contribution in [0.15, 0.2) is 6.20 Å². The van der Waals surface area contributed by atoms with E-state index < -0.39 is 0 Å². The summed E-state index contributed by atoms with van der Waals surface area (Å²) in [5.41, 5.74) is 1.01. The van der Waals surface area contributed by atoms with Crippen LogP contribution in [0.3, 0.4) is 0 Å². The van der Waals surface area contributed by atoms with Gasteiger partial charge < -0.3 is 9.84 Å². The summed E-state index contributed by atoms with van der Waals surface area (Å²) < 4.78 is 7.29. The smallest absolute Gasteiger partial charge is 0.215 e. The van der Waals surface area contributed by atoms with Crippen molar-refractivity contribution < 1.29 is 9.84 Å². The first-order valence-corrected chi connectivity index (χ1v) is 4.20. The van der Waals surface area contributed by atoms with Crippen molar-refractivity contribution in [1.82, 2.24) is 9.78 Å². The molecule has 0 saturated heterocycles. The van der Waals surface area contributed by atoms with E-state index in [1.807, 2.05) is 4.68 Å². The number of hydrogen-bond donors (Lipinski definition) is 1. The number of aromatic nitrogens is 2. The molecule has 1 N–H and O–H groups in total. The number of aliphatic hydroxyl groups excluding tert-OH is 1. The summed E-state index contributed by atoms with van der Waals surface area (Å²) >= 11 is 0. The summed E-state index contributed by atoms with van der Waals surface area (Å²) in [6, 6.07) is 0. The van der Waals surface area contributed by atoms with Gasteiger partial charge in [0.15, 0.2) is 0 Å². The molecular weight excluding hydrogens is 156 g/mol. The van der Waals surface area contributed by atoms with Crippen LogP contribution < -0.4 is 4.74 Å². The number of ether oxygens (including phenoxy) is 1. The molecule has 2 rings (SSSR count). The molecule has 66 valence electrons. The molecule has 2 heterocycles. The monoisotopic (exact) mass is 168 g/mol. The largest absolute Gasteiger partial charge is 0.478 e. The first-order valence-electron chi connectivity index (χ1n) is 4.20. The summed E-state index contributed by atoms with van der Waals surface area (Å²) in [6.45, 7) is 1.85. The molecule has 1 aromatic heterocycles. The fraction of sp³-hybridized carbons (Fsp3) is 0.625.